The Morgan fingerprint density at radius 1 is 1.25 bits per heavy atom. The minimum atomic E-state index is 0.107. The summed E-state index contributed by atoms with van der Waals surface area (Å²) in [5.41, 5.74) is 8.43. The van der Waals surface area contributed by atoms with Crippen LogP contribution in [0.1, 0.15) is 0 Å². The van der Waals surface area contributed by atoms with E-state index in [1.54, 1.807) is 0 Å². The zero-order valence-corrected chi connectivity index (χ0v) is 8.93. The molecule has 16 heavy (non-hydrogen) atoms. The van der Waals surface area contributed by atoms with Crippen LogP contribution in [-0.2, 0) is 0 Å². The zero-order chi connectivity index (χ0) is 11.4. The predicted molar refractivity (Wildman–Crippen MR) is 65.8 cm³/mol. The lowest BCUT2D eigenvalue weighted by Crippen LogP contribution is -2.08. The summed E-state index contributed by atoms with van der Waals surface area (Å²) in [5, 5.41) is 12.0. The van der Waals surface area contributed by atoms with Gasteiger partial charge in [-0.1, -0.05) is 0 Å². The van der Waals surface area contributed by atoms with Crippen LogP contribution in [0.3, 0.4) is 0 Å². The fourth-order valence-electron chi connectivity index (χ4n) is 1.60. The van der Waals surface area contributed by atoms with E-state index in [0.717, 1.165) is 17.1 Å². The number of nitrogens with one attached hydrogen (secondary N) is 1. The molecule has 4 heteroatoms. The van der Waals surface area contributed by atoms with Gasteiger partial charge in [0.2, 0.25) is 0 Å². The second-order valence-electron chi connectivity index (χ2n) is 3.52. The van der Waals surface area contributed by atoms with Crippen molar-refractivity contribution in [2.45, 2.75) is 0 Å². The monoisotopic (exact) mass is 217 g/mol. The van der Waals surface area contributed by atoms with Gasteiger partial charge in [-0.3, -0.25) is 0 Å². The van der Waals surface area contributed by atoms with Crippen molar-refractivity contribution in [1.82, 2.24) is 4.57 Å². The second kappa shape index (κ2) is 4.72. The molecule has 0 spiro atoms. The molecule has 0 saturated carbocycles. The number of nitrogens with two attached hydrogens (primary N) is 1. The standard InChI is InChI=1S/C12H15N3O/c13-10-3-4-11(14-5-8-16)12(9-10)15-6-1-2-7-15/h1-4,6-7,9,14,16H,5,8,13H2. The summed E-state index contributed by atoms with van der Waals surface area (Å²) in [6, 6.07) is 9.57. The lowest BCUT2D eigenvalue weighted by atomic mass is 10.2. The molecule has 84 valence electrons. The predicted octanol–water partition coefficient (Wildman–Crippen LogP) is 1.46. The second-order valence-corrected chi connectivity index (χ2v) is 3.52. The molecule has 0 bridgehead atoms. The van der Waals surface area contributed by atoms with Gasteiger partial charge in [0.25, 0.3) is 0 Å². The third-order valence-corrected chi connectivity index (χ3v) is 2.33. The van der Waals surface area contributed by atoms with Crippen molar-refractivity contribution in [3.8, 4) is 5.69 Å². The molecule has 0 amide bonds. The van der Waals surface area contributed by atoms with Crippen LogP contribution in [0.25, 0.3) is 5.69 Å². The molecule has 2 aromatic rings. The van der Waals surface area contributed by atoms with Gasteiger partial charge in [-0.25, -0.2) is 0 Å². The van der Waals surface area contributed by atoms with Gasteiger partial charge in [0, 0.05) is 24.6 Å². The van der Waals surface area contributed by atoms with E-state index in [9.17, 15) is 0 Å². The van der Waals surface area contributed by atoms with Crippen molar-refractivity contribution < 1.29 is 5.11 Å². The fourth-order valence-corrected chi connectivity index (χ4v) is 1.60. The highest BCUT2D eigenvalue weighted by Crippen LogP contribution is 2.22. The third-order valence-electron chi connectivity index (χ3n) is 2.33. The van der Waals surface area contributed by atoms with Gasteiger partial charge in [-0.05, 0) is 30.3 Å². The number of aliphatic hydroxyl groups is 1. The van der Waals surface area contributed by atoms with E-state index in [4.69, 9.17) is 10.8 Å². The van der Waals surface area contributed by atoms with E-state index in [2.05, 4.69) is 5.32 Å². The molecule has 4 N–H and O–H groups in total. The van der Waals surface area contributed by atoms with Crippen LogP contribution < -0.4 is 11.1 Å². The Kier molecular flexibility index (Phi) is 3.12. The Morgan fingerprint density at radius 3 is 2.69 bits per heavy atom. The van der Waals surface area contributed by atoms with E-state index in [-0.39, 0.29) is 6.61 Å². The molecule has 0 atom stereocenters. The highest BCUT2D eigenvalue weighted by Gasteiger charge is 2.03. The van der Waals surface area contributed by atoms with Gasteiger partial charge in [0.05, 0.1) is 18.0 Å². The topological polar surface area (TPSA) is 63.2 Å². The van der Waals surface area contributed by atoms with Crippen molar-refractivity contribution in [3.05, 3.63) is 42.7 Å². The molecule has 0 saturated heterocycles. The first-order chi connectivity index (χ1) is 7.81. The Bertz CT molecular complexity index is 451. The molecule has 0 aliphatic heterocycles. The number of hydrogen-bond acceptors (Lipinski definition) is 3. The summed E-state index contributed by atoms with van der Waals surface area (Å²) in [4.78, 5) is 0. The smallest absolute Gasteiger partial charge is 0.0703 e. The molecule has 0 fully saturated rings. The van der Waals surface area contributed by atoms with E-state index < -0.39 is 0 Å². The summed E-state index contributed by atoms with van der Waals surface area (Å²) in [6.07, 6.45) is 3.91. The Labute approximate surface area is 94.3 Å². The number of aliphatic hydroxyl groups excluding tert-OH is 1. The van der Waals surface area contributed by atoms with Crippen molar-refractivity contribution in [2.75, 3.05) is 24.2 Å². The zero-order valence-electron chi connectivity index (χ0n) is 8.93. The number of aromatic nitrogens is 1. The summed E-state index contributed by atoms with van der Waals surface area (Å²) in [5.74, 6) is 0. The summed E-state index contributed by atoms with van der Waals surface area (Å²) in [6.45, 7) is 0.633. The Morgan fingerprint density at radius 2 is 2.00 bits per heavy atom. The van der Waals surface area contributed by atoms with E-state index in [0.29, 0.717) is 6.54 Å². The maximum absolute atomic E-state index is 8.81. The quantitative estimate of drug-likeness (QED) is 0.679. The van der Waals surface area contributed by atoms with E-state index in [1.165, 1.54) is 0 Å². The van der Waals surface area contributed by atoms with Crippen molar-refractivity contribution in [1.29, 1.82) is 0 Å². The first-order valence-corrected chi connectivity index (χ1v) is 5.19. The molecule has 2 rings (SSSR count). The lowest BCUT2D eigenvalue weighted by Gasteiger charge is -2.13. The summed E-state index contributed by atoms with van der Waals surface area (Å²) < 4.78 is 1.98. The number of nitrogen functional groups attached to an aromatic ring is 1. The maximum Gasteiger partial charge on any atom is 0.0703 e. The third kappa shape index (κ3) is 2.17. The Balaban J connectivity index is 2.37. The van der Waals surface area contributed by atoms with Crippen LogP contribution >= 0.6 is 0 Å². The minimum Gasteiger partial charge on any atom is -0.399 e. The van der Waals surface area contributed by atoms with Crippen LogP contribution in [0.5, 0.6) is 0 Å². The number of hydrogen-bond donors (Lipinski definition) is 3. The van der Waals surface area contributed by atoms with E-state index in [1.807, 2.05) is 47.3 Å². The molecule has 0 aliphatic carbocycles. The van der Waals surface area contributed by atoms with Crippen molar-refractivity contribution in [3.63, 3.8) is 0 Å². The molecule has 1 heterocycles. The maximum atomic E-state index is 8.81. The van der Waals surface area contributed by atoms with Gasteiger partial charge in [-0.15, -0.1) is 0 Å². The number of rotatable bonds is 4. The van der Waals surface area contributed by atoms with Gasteiger partial charge in [0.15, 0.2) is 0 Å². The molecule has 0 radical (unpaired) electrons. The van der Waals surface area contributed by atoms with Gasteiger partial charge >= 0.3 is 0 Å². The molecular formula is C12H15N3O. The summed E-state index contributed by atoms with van der Waals surface area (Å²) in [7, 11) is 0. The van der Waals surface area contributed by atoms with Crippen LogP contribution in [-0.4, -0.2) is 22.8 Å². The minimum absolute atomic E-state index is 0.107. The molecule has 4 nitrogen and oxygen atoms in total. The van der Waals surface area contributed by atoms with E-state index >= 15 is 0 Å². The van der Waals surface area contributed by atoms with Crippen molar-refractivity contribution >= 4 is 11.4 Å². The number of nitrogens with zero attached hydrogens (tertiary/aromatic N) is 1. The first kappa shape index (κ1) is 10.6. The largest absolute Gasteiger partial charge is 0.399 e. The van der Waals surface area contributed by atoms with Crippen LogP contribution in [0.15, 0.2) is 42.7 Å². The van der Waals surface area contributed by atoms with Crippen LogP contribution in [0.2, 0.25) is 0 Å². The first-order valence-electron chi connectivity index (χ1n) is 5.19. The average Bonchev–Trinajstić information content (AvgIpc) is 2.80. The van der Waals surface area contributed by atoms with Crippen molar-refractivity contribution in [2.24, 2.45) is 0 Å². The SMILES string of the molecule is Nc1ccc(NCCO)c(-n2cccc2)c1. The van der Waals surface area contributed by atoms with Gasteiger partial charge in [-0.2, -0.15) is 0 Å². The van der Waals surface area contributed by atoms with Crippen LogP contribution in [0.4, 0.5) is 11.4 Å². The lowest BCUT2D eigenvalue weighted by molar-refractivity contribution is 0.311. The molecular weight excluding hydrogens is 202 g/mol. The average molecular weight is 217 g/mol. The molecule has 0 unspecified atom stereocenters. The highest BCUT2D eigenvalue weighted by molar-refractivity contribution is 5.66. The molecule has 1 aromatic carbocycles. The van der Waals surface area contributed by atoms with Crippen LogP contribution in [0, 0.1) is 0 Å². The van der Waals surface area contributed by atoms with Gasteiger partial charge < -0.3 is 20.7 Å². The molecule has 0 aliphatic rings. The normalized spacial score (nSPS) is 10.3. The highest BCUT2D eigenvalue weighted by atomic mass is 16.3. The number of benzene rings is 1. The van der Waals surface area contributed by atoms with Gasteiger partial charge in [0.1, 0.15) is 0 Å². The molecule has 1 aromatic heterocycles. The summed E-state index contributed by atoms with van der Waals surface area (Å²) >= 11 is 0. The fraction of sp³-hybridized carbons (Fsp3) is 0.167. The Hall–Kier alpha value is -1.94. The number of anilines is 2.